The highest BCUT2D eigenvalue weighted by atomic mass is 35.5. The van der Waals surface area contributed by atoms with Crippen molar-refractivity contribution in [1.82, 2.24) is 4.98 Å². The molecule has 0 aliphatic heterocycles. The lowest BCUT2D eigenvalue weighted by molar-refractivity contribution is 0.905. The highest BCUT2D eigenvalue weighted by Crippen LogP contribution is 2.23. The molecule has 1 nitrogen and oxygen atoms in total. The van der Waals surface area contributed by atoms with Gasteiger partial charge in [-0.2, -0.15) is 11.8 Å². The molecule has 13 heavy (non-hydrogen) atoms. The molecule has 0 aliphatic carbocycles. The Hall–Kier alpha value is 0.270. The van der Waals surface area contributed by atoms with Crippen molar-refractivity contribution >= 4 is 34.7 Å². The van der Waals surface area contributed by atoms with E-state index in [0.29, 0.717) is 5.88 Å². The molecule has 0 saturated heterocycles. The molecule has 0 aromatic carbocycles. The third kappa shape index (κ3) is 3.88. The first kappa shape index (κ1) is 11.3. The maximum absolute atomic E-state index is 5.69. The number of hydrogen-bond donors (Lipinski definition) is 0. The van der Waals surface area contributed by atoms with Gasteiger partial charge in [0.15, 0.2) is 0 Å². The van der Waals surface area contributed by atoms with E-state index in [4.69, 9.17) is 11.6 Å². The quantitative estimate of drug-likeness (QED) is 0.718. The number of aromatic nitrogens is 1. The standard InChI is InChI=1S/C9H14ClNS2/c1-3-7(2)12-6-9-11-5-8(4-10)13-9/h5,7H,3-4,6H2,1-2H3. The summed E-state index contributed by atoms with van der Waals surface area (Å²) in [5, 5.41) is 1.92. The van der Waals surface area contributed by atoms with E-state index in [2.05, 4.69) is 18.8 Å². The second-order valence-electron chi connectivity index (χ2n) is 2.88. The molecule has 0 aliphatic rings. The summed E-state index contributed by atoms with van der Waals surface area (Å²) in [4.78, 5) is 5.47. The van der Waals surface area contributed by atoms with E-state index in [0.717, 1.165) is 11.0 Å². The predicted octanol–water partition coefficient (Wildman–Crippen LogP) is 3.91. The van der Waals surface area contributed by atoms with Crippen LogP contribution in [0.4, 0.5) is 0 Å². The number of thioether (sulfide) groups is 1. The topological polar surface area (TPSA) is 12.9 Å². The Morgan fingerprint density at radius 2 is 2.46 bits per heavy atom. The fourth-order valence-corrected chi connectivity index (χ4v) is 2.79. The van der Waals surface area contributed by atoms with Gasteiger partial charge in [0.25, 0.3) is 0 Å². The lowest BCUT2D eigenvalue weighted by atomic mass is 10.4. The van der Waals surface area contributed by atoms with E-state index in [1.54, 1.807) is 11.3 Å². The average Bonchev–Trinajstić information content (AvgIpc) is 2.61. The highest BCUT2D eigenvalue weighted by Gasteiger charge is 2.04. The lowest BCUT2D eigenvalue weighted by Crippen LogP contribution is -1.92. The molecule has 1 unspecified atom stereocenters. The minimum Gasteiger partial charge on any atom is -0.248 e. The summed E-state index contributed by atoms with van der Waals surface area (Å²) in [6, 6.07) is 0. The minimum atomic E-state index is 0.589. The van der Waals surface area contributed by atoms with E-state index in [1.807, 2.05) is 18.0 Å². The van der Waals surface area contributed by atoms with Gasteiger partial charge in [-0.1, -0.05) is 13.8 Å². The van der Waals surface area contributed by atoms with Crippen molar-refractivity contribution in [3.05, 3.63) is 16.1 Å². The fourth-order valence-electron chi connectivity index (χ4n) is 0.808. The monoisotopic (exact) mass is 235 g/mol. The van der Waals surface area contributed by atoms with Gasteiger partial charge in [0, 0.05) is 22.1 Å². The summed E-state index contributed by atoms with van der Waals surface area (Å²) in [5.41, 5.74) is 0. The van der Waals surface area contributed by atoms with Crippen LogP contribution in [0.25, 0.3) is 0 Å². The Bertz CT molecular complexity index is 250. The van der Waals surface area contributed by atoms with Crippen LogP contribution in [-0.4, -0.2) is 10.2 Å². The predicted molar refractivity (Wildman–Crippen MR) is 62.7 cm³/mol. The SMILES string of the molecule is CCC(C)SCc1ncc(CCl)s1. The number of rotatable bonds is 5. The van der Waals surface area contributed by atoms with Gasteiger partial charge in [-0.05, 0) is 6.42 Å². The van der Waals surface area contributed by atoms with Crippen molar-refractivity contribution in [3.8, 4) is 0 Å². The highest BCUT2D eigenvalue weighted by molar-refractivity contribution is 7.99. The Morgan fingerprint density at radius 1 is 1.69 bits per heavy atom. The van der Waals surface area contributed by atoms with E-state index in [1.165, 1.54) is 16.3 Å². The summed E-state index contributed by atoms with van der Waals surface area (Å²) < 4.78 is 0. The molecule has 0 N–H and O–H groups in total. The molecule has 0 saturated carbocycles. The molecule has 1 aromatic rings. The number of nitrogens with zero attached hydrogens (tertiary/aromatic N) is 1. The van der Waals surface area contributed by atoms with Crippen LogP contribution in [0, 0.1) is 0 Å². The van der Waals surface area contributed by atoms with Crippen LogP contribution in [0.1, 0.15) is 30.2 Å². The average molecular weight is 236 g/mol. The van der Waals surface area contributed by atoms with Crippen LogP contribution in [0.2, 0.25) is 0 Å². The Labute approximate surface area is 92.9 Å². The number of alkyl halides is 1. The summed E-state index contributed by atoms with van der Waals surface area (Å²) in [7, 11) is 0. The first-order valence-electron chi connectivity index (χ1n) is 4.37. The first-order chi connectivity index (χ1) is 6.26. The zero-order valence-corrected chi connectivity index (χ0v) is 10.3. The Morgan fingerprint density at radius 3 is 3.00 bits per heavy atom. The lowest BCUT2D eigenvalue weighted by Gasteiger charge is -2.04. The molecule has 1 rings (SSSR count). The summed E-state index contributed by atoms with van der Waals surface area (Å²) in [6.45, 7) is 4.46. The van der Waals surface area contributed by atoms with Crippen LogP contribution in [0.3, 0.4) is 0 Å². The molecule has 4 heteroatoms. The molecule has 0 fully saturated rings. The summed E-state index contributed by atoms with van der Waals surface area (Å²) in [5.74, 6) is 1.61. The van der Waals surface area contributed by atoms with Gasteiger partial charge < -0.3 is 0 Å². The van der Waals surface area contributed by atoms with Crippen molar-refractivity contribution in [1.29, 1.82) is 0 Å². The van der Waals surface area contributed by atoms with Crippen molar-refractivity contribution in [2.75, 3.05) is 0 Å². The fraction of sp³-hybridized carbons (Fsp3) is 0.667. The maximum atomic E-state index is 5.69. The van der Waals surface area contributed by atoms with Gasteiger partial charge in [-0.15, -0.1) is 22.9 Å². The largest absolute Gasteiger partial charge is 0.248 e. The van der Waals surface area contributed by atoms with Gasteiger partial charge in [-0.25, -0.2) is 4.98 Å². The van der Waals surface area contributed by atoms with E-state index in [9.17, 15) is 0 Å². The zero-order valence-electron chi connectivity index (χ0n) is 7.92. The van der Waals surface area contributed by atoms with Crippen LogP contribution < -0.4 is 0 Å². The van der Waals surface area contributed by atoms with Gasteiger partial charge in [0.05, 0.1) is 5.88 Å². The molecule has 74 valence electrons. The van der Waals surface area contributed by atoms with Crippen molar-refractivity contribution in [2.24, 2.45) is 0 Å². The van der Waals surface area contributed by atoms with Crippen LogP contribution in [0.15, 0.2) is 6.20 Å². The summed E-state index contributed by atoms with van der Waals surface area (Å²) in [6.07, 6.45) is 3.10. The van der Waals surface area contributed by atoms with Crippen LogP contribution in [-0.2, 0) is 11.6 Å². The maximum Gasteiger partial charge on any atom is 0.103 e. The van der Waals surface area contributed by atoms with Crippen LogP contribution >= 0.6 is 34.7 Å². The number of halogens is 1. The van der Waals surface area contributed by atoms with Gasteiger partial charge >= 0.3 is 0 Å². The Kier molecular flexibility index (Phi) is 5.14. The van der Waals surface area contributed by atoms with E-state index in [-0.39, 0.29) is 0 Å². The third-order valence-electron chi connectivity index (χ3n) is 1.80. The molecule has 1 heterocycles. The third-order valence-corrected chi connectivity index (χ3v) is 4.77. The Balaban J connectivity index is 2.36. The molecule has 1 atom stereocenters. The number of hydrogen-bond acceptors (Lipinski definition) is 3. The minimum absolute atomic E-state index is 0.589. The van der Waals surface area contributed by atoms with Crippen LogP contribution in [0.5, 0.6) is 0 Å². The normalized spacial score (nSPS) is 13.2. The molecular weight excluding hydrogens is 222 g/mol. The zero-order chi connectivity index (χ0) is 9.68. The molecule has 1 aromatic heterocycles. The van der Waals surface area contributed by atoms with Gasteiger partial charge in [0.1, 0.15) is 5.01 Å². The molecule has 0 bridgehead atoms. The molecule has 0 radical (unpaired) electrons. The first-order valence-corrected chi connectivity index (χ1v) is 6.77. The second-order valence-corrected chi connectivity index (χ2v) is 5.78. The van der Waals surface area contributed by atoms with Gasteiger partial charge in [-0.3, -0.25) is 0 Å². The van der Waals surface area contributed by atoms with Crippen molar-refractivity contribution < 1.29 is 0 Å². The van der Waals surface area contributed by atoms with Gasteiger partial charge in [0.2, 0.25) is 0 Å². The smallest absolute Gasteiger partial charge is 0.103 e. The van der Waals surface area contributed by atoms with Crippen molar-refractivity contribution in [3.63, 3.8) is 0 Å². The number of thiazole rings is 1. The second kappa shape index (κ2) is 5.89. The van der Waals surface area contributed by atoms with Crippen molar-refractivity contribution in [2.45, 2.75) is 37.2 Å². The molecule has 0 spiro atoms. The van der Waals surface area contributed by atoms with E-state index >= 15 is 0 Å². The molecule has 0 amide bonds. The summed E-state index contributed by atoms with van der Waals surface area (Å²) >= 11 is 9.37. The molecular formula is C9H14ClNS2. The van der Waals surface area contributed by atoms with E-state index < -0.39 is 0 Å².